The van der Waals surface area contributed by atoms with Crippen molar-refractivity contribution in [2.75, 3.05) is 13.6 Å². The second-order valence-corrected chi connectivity index (χ2v) is 7.47. The summed E-state index contributed by atoms with van der Waals surface area (Å²) in [6.07, 6.45) is 3.55. The van der Waals surface area contributed by atoms with Gasteiger partial charge in [-0.3, -0.25) is 4.79 Å². The maximum atomic E-state index is 12.5. The van der Waals surface area contributed by atoms with Crippen molar-refractivity contribution in [1.29, 1.82) is 0 Å². The third-order valence-corrected chi connectivity index (χ3v) is 5.31. The number of hydrogen-bond donors (Lipinski definition) is 1. The molecule has 0 aliphatic heterocycles. The molecule has 0 bridgehead atoms. The molecule has 1 aromatic rings. The van der Waals surface area contributed by atoms with Gasteiger partial charge in [-0.05, 0) is 55.9 Å². The molecule has 0 radical (unpaired) electrons. The van der Waals surface area contributed by atoms with Crippen LogP contribution in [0.3, 0.4) is 0 Å². The fourth-order valence-electron chi connectivity index (χ4n) is 2.61. The van der Waals surface area contributed by atoms with Crippen molar-refractivity contribution in [3.8, 4) is 0 Å². The molecule has 0 saturated heterocycles. The van der Waals surface area contributed by atoms with Crippen LogP contribution in [0.15, 0.2) is 17.0 Å². The lowest BCUT2D eigenvalue weighted by atomic mass is 9.85. The molecule has 0 unspecified atom stereocenters. The Morgan fingerprint density at radius 2 is 1.95 bits per heavy atom. The zero-order valence-electron chi connectivity index (χ0n) is 12.7. The van der Waals surface area contributed by atoms with Crippen LogP contribution in [0.4, 0.5) is 0 Å². The summed E-state index contributed by atoms with van der Waals surface area (Å²) in [5, 5.41) is 5.23. The van der Waals surface area contributed by atoms with Crippen LogP contribution in [0.25, 0.3) is 0 Å². The van der Waals surface area contributed by atoms with Gasteiger partial charge in [0.05, 0.1) is 4.90 Å². The van der Waals surface area contributed by atoms with Crippen molar-refractivity contribution in [2.24, 2.45) is 11.1 Å². The summed E-state index contributed by atoms with van der Waals surface area (Å²) in [6, 6.07) is 3.11. The quantitative estimate of drug-likeness (QED) is 0.921. The van der Waals surface area contributed by atoms with E-state index in [1.54, 1.807) is 31.9 Å². The number of amides is 1. The molecule has 2 N–H and O–H groups in total. The van der Waals surface area contributed by atoms with Crippen LogP contribution in [0, 0.1) is 19.8 Å². The highest BCUT2D eigenvalue weighted by Crippen LogP contribution is 2.27. The lowest BCUT2D eigenvalue weighted by Crippen LogP contribution is -2.34. The first-order valence-electron chi connectivity index (χ1n) is 7.09. The minimum absolute atomic E-state index is 0.0305. The molecule has 1 fully saturated rings. The van der Waals surface area contributed by atoms with Crippen LogP contribution in [0.5, 0.6) is 0 Å². The van der Waals surface area contributed by atoms with Gasteiger partial charge in [-0.15, -0.1) is 0 Å². The van der Waals surface area contributed by atoms with Gasteiger partial charge in [0, 0.05) is 19.2 Å². The zero-order chi connectivity index (χ0) is 15.8. The molecule has 1 amide bonds. The molecule has 1 saturated carbocycles. The summed E-state index contributed by atoms with van der Waals surface area (Å²) in [6.45, 7) is 4.20. The van der Waals surface area contributed by atoms with Gasteiger partial charge in [0.25, 0.3) is 5.91 Å². The zero-order valence-corrected chi connectivity index (χ0v) is 13.5. The SMILES string of the molecule is Cc1cc(C(=O)N(C)CC2CCC2)cc(S(N)(=O)=O)c1C. The Morgan fingerprint density at radius 1 is 1.33 bits per heavy atom. The number of rotatable bonds is 4. The van der Waals surface area contributed by atoms with E-state index in [1.807, 2.05) is 0 Å². The van der Waals surface area contributed by atoms with E-state index in [9.17, 15) is 13.2 Å². The first kappa shape index (κ1) is 16.0. The third-order valence-electron chi connectivity index (χ3n) is 4.28. The second-order valence-electron chi connectivity index (χ2n) is 5.94. The highest BCUT2D eigenvalue weighted by atomic mass is 32.2. The summed E-state index contributed by atoms with van der Waals surface area (Å²) >= 11 is 0. The van der Waals surface area contributed by atoms with Gasteiger partial charge in [-0.1, -0.05) is 6.42 Å². The van der Waals surface area contributed by atoms with Gasteiger partial charge in [0.15, 0.2) is 0 Å². The Balaban J connectivity index is 2.30. The first-order valence-corrected chi connectivity index (χ1v) is 8.64. The number of nitrogens with two attached hydrogens (primary N) is 1. The Kier molecular flexibility index (Phi) is 4.39. The molecular weight excluding hydrogens is 288 g/mol. The average Bonchev–Trinajstić information content (AvgIpc) is 2.34. The number of benzene rings is 1. The molecular formula is C15H22N2O3S. The molecule has 6 heteroatoms. The third kappa shape index (κ3) is 3.44. The summed E-state index contributed by atoms with van der Waals surface area (Å²) in [5.41, 5.74) is 1.72. The molecule has 1 aromatic carbocycles. The number of sulfonamides is 1. The molecule has 21 heavy (non-hydrogen) atoms. The van der Waals surface area contributed by atoms with Crippen LogP contribution in [-0.2, 0) is 10.0 Å². The molecule has 116 valence electrons. The summed E-state index contributed by atoms with van der Waals surface area (Å²) in [4.78, 5) is 14.2. The van der Waals surface area contributed by atoms with E-state index in [4.69, 9.17) is 5.14 Å². The van der Waals surface area contributed by atoms with Crippen molar-refractivity contribution in [1.82, 2.24) is 4.90 Å². The fraction of sp³-hybridized carbons (Fsp3) is 0.533. The van der Waals surface area contributed by atoms with Crippen LogP contribution in [0.1, 0.15) is 40.7 Å². The lowest BCUT2D eigenvalue weighted by molar-refractivity contribution is 0.0745. The molecule has 2 rings (SSSR count). The van der Waals surface area contributed by atoms with Crippen molar-refractivity contribution >= 4 is 15.9 Å². The predicted octanol–water partition coefficient (Wildman–Crippen LogP) is 1.82. The molecule has 0 atom stereocenters. The fourth-order valence-corrected chi connectivity index (χ4v) is 3.49. The maximum absolute atomic E-state index is 12.5. The second kappa shape index (κ2) is 5.77. The van der Waals surface area contributed by atoms with Crippen LogP contribution in [0.2, 0.25) is 0 Å². The summed E-state index contributed by atoms with van der Waals surface area (Å²) in [7, 11) is -2.07. The van der Waals surface area contributed by atoms with E-state index >= 15 is 0 Å². The largest absolute Gasteiger partial charge is 0.341 e. The number of carbonyl (C=O) groups is 1. The van der Waals surface area contributed by atoms with E-state index in [-0.39, 0.29) is 10.8 Å². The van der Waals surface area contributed by atoms with Crippen LogP contribution < -0.4 is 5.14 Å². The molecule has 5 nitrogen and oxygen atoms in total. The number of nitrogens with zero attached hydrogens (tertiary/aromatic N) is 1. The first-order chi connectivity index (χ1) is 9.70. The smallest absolute Gasteiger partial charge is 0.253 e. The monoisotopic (exact) mass is 310 g/mol. The van der Waals surface area contributed by atoms with Gasteiger partial charge in [0.2, 0.25) is 10.0 Å². The van der Waals surface area contributed by atoms with Gasteiger partial charge in [0.1, 0.15) is 0 Å². The summed E-state index contributed by atoms with van der Waals surface area (Å²) < 4.78 is 23.3. The average molecular weight is 310 g/mol. The lowest BCUT2D eigenvalue weighted by Gasteiger charge is -2.30. The molecule has 1 aliphatic carbocycles. The Bertz CT molecular complexity index is 664. The Hall–Kier alpha value is -1.40. The number of hydrogen-bond acceptors (Lipinski definition) is 3. The standard InChI is InChI=1S/C15H22N2O3S/c1-10-7-13(8-14(11(10)2)21(16,19)20)15(18)17(3)9-12-5-4-6-12/h7-8,12H,4-6,9H2,1-3H3,(H2,16,19,20). The molecule has 1 aliphatic rings. The van der Waals surface area contributed by atoms with Crippen molar-refractivity contribution in [3.05, 3.63) is 28.8 Å². The van der Waals surface area contributed by atoms with Crippen LogP contribution in [-0.4, -0.2) is 32.8 Å². The highest BCUT2D eigenvalue weighted by Gasteiger charge is 2.23. The number of aryl methyl sites for hydroxylation is 1. The van der Waals surface area contributed by atoms with Gasteiger partial charge >= 0.3 is 0 Å². The minimum atomic E-state index is -3.82. The van der Waals surface area contributed by atoms with Crippen molar-refractivity contribution in [3.63, 3.8) is 0 Å². The normalized spacial score (nSPS) is 15.6. The van der Waals surface area contributed by atoms with E-state index < -0.39 is 10.0 Å². The van der Waals surface area contributed by atoms with Crippen molar-refractivity contribution < 1.29 is 13.2 Å². The van der Waals surface area contributed by atoms with E-state index in [0.717, 1.165) is 24.9 Å². The van der Waals surface area contributed by atoms with E-state index in [0.29, 0.717) is 17.0 Å². The molecule has 0 heterocycles. The highest BCUT2D eigenvalue weighted by molar-refractivity contribution is 7.89. The Morgan fingerprint density at radius 3 is 2.43 bits per heavy atom. The van der Waals surface area contributed by atoms with Crippen LogP contribution >= 0.6 is 0 Å². The predicted molar refractivity (Wildman–Crippen MR) is 81.6 cm³/mol. The van der Waals surface area contributed by atoms with Gasteiger partial charge in [-0.25, -0.2) is 13.6 Å². The molecule has 0 aromatic heterocycles. The van der Waals surface area contributed by atoms with Gasteiger partial charge in [-0.2, -0.15) is 0 Å². The summed E-state index contributed by atoms with van der Waals surface area (Å²) in [5.74, 6) is 0.415. The molecule has 0 spiro atoms. The minimum Gasteiger partial charge on any atom is -0.341 e. The number of primary sulfonamides is 1. The number of carbonyl (C=O) groups excluding carboxylic acids is 1. The maximum Gasteiger partial charge on any atom is 0.253 e. The van der Waals surface area contributed by atoms with E-state index in [2.05, 4.69) is 0 Å². The van der Waals surface area contributed by atoms with Crippen molar-refractivity contribution in [2.45, 2.75) is 38.0 Å². The Labute approximate surface area is 126 Å². The van der Waals surface area contributed by atoms with Gasteiger partial charge < -0.3 is 4.90 Å². The topological polar surface area (TPSA) is 80.5 Å². The van der Waals surface area contributed by atoms with E-state index in [1.165, 1.54) is 12.5 Å².